The number of halogens is 2. The maximum atomic E-state index is 5.91. The van der Waals surface area contributed by atoms with E-state index in [-0.39, 0.29) is 0 Å². The Bertz CT molecular complexity index is 363. The molecule has 1 rings (SSSR count). The monoisotopic (exact) mass is 227 g/mol. The first kappa shape index (κ1) is 11.4. The predicted octanol–water partition coefficient (Wildman–Crippen LogP) is 2.65. The van der Waals surface area contributed by atoms with Crippen molar-refractivity contribution < 1.29 is 0 Å². The third kappa shape index (κ3) is 3.23. The number of benzene rings is 1. The van der Waals surface area contributed by atoms with Crippen molar-refractivity contribution >= 4 is 23.2 Å². The highest BCUT2D eigenvalue weighted by Gasteiger charge is 1.98. The first-order valence-corrected chi connectivity index (χ1v) is 5.17. The number of hydrogen-bond acceptors (Lipinski definition) is 1. The fraction of sp³-hybridized carbons (Fsp3) is 0.273. The Labute approximate surface area is 94.4 Å². The lowest BCUT2D eigenvalue weighted by Gasteiger charge is -1.99. The minimum atomic E-state index is 0.417. The Morgan fingerprint density at radius 3 is 2.86 bits per heavy atom. The van der Waals surface area contributed by atoms with Crippen LogP contribution in [0.4, 0.5) is 0 Å². The summed E-state index contributed by atoms with van der Waals surface area (Å²) in [4.78, 5) is 0. The van der Waals surface area contributed by atoms with E-state index in [1.165, 1.54) is 0 Å². The standard InChI is InChI=1S/C11H11Cl2N/c1-14-6-2-3-9-4-5-11(13)10(7-9)8-12/h4-5,7,14H,6,8H2,1H3. The molecule has 0 atom stereocenters. The van der Waals surface area contributed by atoms with Gasteiger partial charge in [-0.05, 0) is 30.8 Å². The second-order valence-electron chi connectivity index (χ2n) is 2.77. The van der Waals surface area contributed by atoms with E-state index in [0.717, 1.165) is 11.1 Å². The first-order chi connectivity index (χ1) is 6.77. The molecule has 0 saturated heterocycles. The molecule has 0 saturated carbocycles. The fourth-order valence-corrected chi connectivity index (χ4v) is 1.46. The average Bonchev–Trinajstić information content (AvgIpc) is 2.21. The second kappa shape index (κ2) is 5.93. The lowest BCUT2D eigenvalue weighted by molar-refractivity contribution is 0.938. The molecule has 0 radical (unpaired) electrons. The lowest BCUT2D eigenvalue weighted by Crippen LogP contribution is -2.04. The number of hydrogen-bond donors (Lipinski definition) is 1. The smallest absolute Gasteiger partial charge is 0.0577 e. The minimum absolute atomic E-state index is 0.417. The Hall–Kier alpha value is -0.680. The van der Waals surface area contributed by atoms with E-state index in [1.54, 1.807) is 0 Å². The van der Waals surface area contributed by atoms with Crippen LogP contribution < -0.4 is 5.32 Å². The summed E-state index contributed by atoms with van der Waals surface area (Å²) in [6.07, 6.45) is 0. The Morgan fingerprint density at radius 2 is 2.21 bits per heavy atom. The molecule has 0 amide bonds. The Kier molecular flexibility index (Phi) is 4.82. The molecule has 1 nitrogen and oxygen atoms in total. The van der Waals surface area contributed by atoms with Crippen LogP contribution in [0.2, 0.25) is 5.02 Å². The highest BCUT2D eigenvalue weighted by molar-refractivity contribution is 6.32. The van der Waals surface area contributed by atoms with Crippen molar-refractivity contribution in [3.05, 3.63) is 34.3 Å². The van der Waals surface area contributed by atoms with Gasteiger partial charge in [-0.2, -0.15) is 0 Å². The molecule has 3 heteroatoms. The summed E-state index contributed by atoms with van der Waals surface area (Å²) in [6, 6.07) is 5.63. The van der Waals surface area contributed by atoms with Crippen molar-refractivity contribution in [1.82, 2.24) is 5.32 Å². The SMILES string of the molecule is CNCC#Cc1ccc(Cl)c(CCl)c1. The van der Waals surface area contributed by atoms with Crippen molar-refractivity contribution in [2.24, 2.45) is 0 Å². The van der Waals surface area contributed by atoms with Gasteiger partial charge in [-0.25, -0.2) is 0 Å². The van der Waals surface area contributed by atoms with Crippen molar-refractivity contribution in [2.45, 2.75) is 5.88 Å². The third-order valence-electron chi connectivity index (χ3n) is 1.69. The topological polar surface area (TPSA) is 12.0 Å². The van der Waals surface area contributed by atoms with Crippen molar-refractivity contribution in [3.8, 4) is 11.8 Å². The van der Waals surface area contributed by atoms with Gasteiger partial charge in [0.05, 0.1) is 6.54 Å². The van der Waals surface area contributed by atoms with Gasteiger partial charge in [-0.15, -0.1) is 11.6 Å². The molecule has 1 aromatic carbocycles. The molecule has 0 aliphatic rings. The molecule has 0 aromatic heterocycles. The van der Waals surface area contributed by atoms with Gasteiger partial charge < -0.3 is 5.32 Å². The molecule has 14 heavy (non-hydrogen) atoms. The molecule has 74 valence electrons. The molecule has 0 aliphatic carbocycles. The van der Waals surface area contributed by atoms with E-state index in [0.29, 0.717) is 17.4 Å². The van der Waals surface area contributed by atoms with Gasteiger partial charge in [-0.1, -0.05) is 23.4 Å². The van der Waals surface area contributed by atoms with Gasteiger partial charge in [0.25, 0.3) is 0 Å². The van der Waals surface area contributed by atoms with Crippen LogP contribution in [0.5, 0.6) is 0 Å². The van der Waals surface area contributed by atoms with Crippen molar-refractivity contribution in [1.29, 1.82) is 0 Å². The molecule has 1 N–H and O–H groups in total. The van der Waals surface area contributed by atoms with E-state index in [4.69, 9.17) is 23.2 Å². The molecule has 0 spiro atoms. The van der Waals surface area contributed by atoms with Gasteiger partial charge in [-0.3, -0.25) is 0 Å². The Balaban J connectivity index is 2.86. The zero-order valence-electron chi connectivity index (χ0n) is 7.90. The van der Waals surface area contributed by atoms with Crippen LogP contribution in [0.3, 0.4) is 0 Å². The summed E-state index contributed by atoms with van der Waals surface area (Å²) >= 11 is 11.6. The molecule has 0 unspecified atom stereocenters. The lowest BCUT2D eigenvalue weighted by atomic mass is 10.1. The summed E-state index contributed by atoms with van der Waals surface area (Å²) in [5.41, 5.74) is 1.87. The van der Waals surface area contributed by atoms with Gasteiger partial charge in [0.2, 0.25) is 0 Å². The van der Waals surface area contributed by atoms with Gasteiger partial charge >= 0.3 is 0 Å². The molecular weight excluding hydrogens is 217 g/mol. The van der Waals surface area contributed by atoms with E-state index in [9.17, 15) is 0 Å². The van der Waals surface area contributed by atoms with Crippen LogP contribution in [-0.2, 0) is 5.88 Å². The maximum Gasteiger partial charge on any atom is 0.0577 e. The maximum absolute atomic E-state index is 5.91. The summed E-state index contributed by atoms with van der Waals surface area (Å²) in [5.74, 6) is 6.41. The highest BCUT2D eigenvalue weighted by atomic mass is 35.5. The zero-order valence-corrected chi connectivity index (χ0v) is 9.41. The third-order valence-corrected chi connectivity index (χ3v) is 2.34. The minimum Gasteiger partial charge on any atom is -0.309 e. The van der Waals surface area contributed by atoms with E-state index in [2.05, 4.69) is 17.2 Å². The summed E-state index contributed by atoms with van der Waals surface area (Å²) in [7, 11) is 1.86. The largest absolute Gasteiger partial charge is 0.309 e. The molecule has 0 bridgehead atoms. The van der Waals surface area contributed by atoms with Crippen LogP contribution in [-0.4, -0.2) is 13.6 Å². The zero-order chi connectivity index (χ0) is 10.4. The van der Waals surface area contributed by atoms with Crippen molar-refractivity contribution in [3.63, 3.8) is 0 Å². The normalized spacial score (nSPS) is 9.36. The van der Waals surface area contributed by atoms with Crippen LogP contribution >= 0.6 is 23.2 Å². The van der Waals surface area contributed by atoms with Gasteiger partial charge in [0.15, 0.2) is 0 Å². The quantitative estimate of drug-likeness (QED) is 0.606. The van der Waals surface area contributed by atoms with E-state index in [1.807, 2.05) is 25.2 Å². The highest BCUT2D eigenvalue weighted by Crippen LogP contribution is 2.18. The van der Waals surface area contributed by atoms with Crippen LogP contribution in [0.25, 0.3) is 0 Å². The van der Waals surface area contributed by atoms with Gasteiger partial charge in [0, 0.05) is 16.5 Å². The molecular formula is C11H11Cl2N. The predicted molar refractivity (Wildman–Crippen MR) is 61.8 cm³/mol. The average molecular weight is 228 g/mol. The fourth-order valence-electron chi connectivity index (χ4n) is 0.990. The molecule has 1 aromatic rings. The summed E-state index contributed by atoms with van der Waals surface area (Å²) < 4.78 is 0. The summed E-state index contributed by atoms with van der Waals surface area (Å²) in [5, 5.41) is 3.65. The van der Waals surface area contributed by atoms with Crippen LogP contribution in [0.15, 0.2) is 18.2 Å². The molecule has 0 aliphatic heterocycles. The van der Waals surface area contributed by atoms with E-state index >= 15 is 0 Å². The van der Waals surface area contributed by atoms with E-state index < -0.39 is 0 Å². The van der Waals surface area contributed by atoms with Crippen LogP contribution in [0.1, 0.15) is 11.1 Å². The number of alkyl halides is 1. The van der Waals surface area contributed by atoms with Crippen LogP contribution in [0, 0.1) is 11.8 Å². The van der Waals surface area contributed by atoms with Gasteiger partial charge in [0.1, 0.15) is 0 Å². The summed E-state index contributed by atoms with van der Waals surface area (Å²) in [6.45, 7) is 0.679. The second-order valence-corrected chi connectivity index (χ2v) is 3.45. The molecule has 0 fully saturated rings. The molecule has 0 heterocycles. The first-order valence-electron chi connectivity index (χ1n) is 4.25. The van der Waals surface area contributed by atoms with Crippen molar-refractivity contribution in [2.75, 3.05) is 13.6 Å². The number of nitrogens with one attached hydrogen (secondary N) is 1. The Morgan fingerprint density at radius 1 is 1.43 bits per heavy atom. The number of rotatable bonds is 2.